The van der Waals surface area contributed by atoms with Gasteiger partial charge in [-0.3, -0.25) is 25.3 Å². The lowest BCUT2D eigenvalue weighted by Gasteiger charge is -2.16. The number of halogens is 1. The maximum atomic E-state index is 11.9. The van der Waals surface area contributed by atoms with Crippen molar-refractivity contribution in [3.8, 4) is 5.75 Å². The van der Waals surface area contributed by atoms with Crippen molar-refractivity contribution in [2.75, 3.05) is 20.2 Å². The van der Waals surface area contributed by atoms with Gasteiger partial charge in [-0.2, -0.15) is 0 Å². The second-order valence-electron chi connectivity index (χ2n) is 6.62. The van der Waals surface area contributed by atoms with E-state index in [4.69, 9.17) is 16.3 Å². The SMILES string of the molecule is Cc1cc(Cl)ccc1OCCCC(=O)NNC(=O)CN(C)Cc1ccccc1. The van der Waals surface area contributed by atoms with Crippen molar-refractivity contribution in [1.29, 1.82) is 0 Å². The van der Waals surface area contributed by atoms with Crippen LogP contribution in [0.4, 0.5) is 0 Å². The average Bonchev–Trinajstić information content (AvgIpc) is 2.65. The minimum absolute atomic E-state index is 0.189. The summed E-state index contributed by atoms with van der Waals surface area (Å²) in [4.78, 5) is 25.6. The van der Waals surface area contributed by atoms with Crippen molar-refractivity contribution >= 4 is 23.4 Å². The summed E-state index contributed by atoms with van der Waals surface area (Å²) in [5, 5.41) is 0.661. The van der Waals surface area contributed by atoms with Gasteiger partial charge in [0.25, 0.3) is 5.91 Å². The summed E-state index contributed by atoms with van der Waals surface area (Å²) in [7, 11) is 1.85. The Labute approximate surface area is 170 Å². The normalized spacial score (nSPS) is 10.6. The fourth-order valence-electron chi connectivity index (χ4n) is 2.63. The zero-order chi connectivity index (χ0) is 20.4. The lowest BCUT2D eigenvalue weighted by Crippen LogP contribution is -2.45. The summed E-state index contributed by atoms with van der Waals surface area (Å²) in [6, 6.07) is 15.3. The molecule has 2 rings (SSSR count). The van der Waals surface area contributed by atoms with Gasteiger partial charge in [0, 0.05) is 18.0 Å². The molecular weight excluding hydrogens is 378 g/mol. The predicted molar refractivity (Wildman–Crippen MR) is 110 cm³/mol. The molecule has 0 fully saturated rings. The summed E-state index contributed by atoms with van der Waals surface area (Å²) < 4.78 is 5.64. The average molecular weight is 404 g/mol. The molecule has 0 atom stereocenters. The van der Waals surface area contributed by atoms with E-state index in [1.807, 2.05) is 61.3 Å². The van der Waals surface area contributed by atoms with Gasteiger partial charge in [-0.15, -0.1) is 0 Å². The van der Waals surface area contributed by atoms with Crippen LogP contribution in [0.3, 0.4) is 0 Å². The van der Waals surface area contributed by atoms with E-state index in [0.717, 1.165) is 16.9 Å². The number of hydrazine groups is 1. The van der Waals surface area contributed by atoms with Crippen molar-refractivity contribution in [2.45, 2.75) is 26.3 Å². The summed E-state index contributed by atoms with van der Waals surface area (Å²) in [5.41, 5.74) is 6.94. The zero-order valence-corrected chi connectivity index (χ0v) is 17.0. The minimum atomic E-state index is -0.264. The fourth-order valence-corrected chi connectivity index (χ4v) is 2.85. The van der Waals surface area contributed by atoms with Gasteiger partial charge in [-0.1, -0.05) is 41.9 Å². The topological polar surface area (TPSA) is 70.7 Å². The van der Waals surface area contributed by atoms with E-state index in [9.17, 15) is 9.59 Å². The third-order valence-electron chi connectivity index (χ3n) is 3.99. The molecule has 0 saturated heterocycles. The lowest BCUT2D eigenvalue weighted by atomic mass is 10.2. The second-order valence-corrected chi connectivity index (χ2v) is 7.05. The molecule has 0 aliphatic carbocycles. The minimum Gasteiger partial charge on any atom is -0.493 e. The highest BCUT2D eigenvalue weighted by atomic mass is 35.5. The Bertz CT molecular complexity index is 784. The monoisotopic (exact) mass is 403 g/mol. The van der Waals surface area contributed by atoms with E-state index in [-0.39, 0.29) is 24.8 Å². The van der Waals surface area contributed by atoms with Gasteiger partial charge in [-0.05, 0) is 49.7 Å². The largest absolute Gasteiger partial charge is 0.493 e. The molecule has 150 valence electrons. The van der Waals surface area contributed by atoms with Crippen molar-refractivity contribution in [2.24, 2.45) is 0 Å². The van der Waals surface area contributed by atoms with Crippen LogP contribution in [-0.4, -0.2) is 36.9 Å². The summed E-state index contributed by atoms with van der Waals surface area (Å²) in [5.74, 6) is 0.231. The molecule has 0 aliphatic heterocycles. The van der Waals surface area contributed by atoms with Crippen LogP contribution in [0.2, 0.25) is 5.02 Å². The molecule has 0 aromatic heterocycles. The number of ether oxygens (including phenoxy) is 1. The van der Waals surface area contributed by atoms with Crippen LogP contribution >= 0.6 is 11.6 Å². The number of likely N-dealkylation sites (N-methyl/N-ethyl adjacent to an activating group) is 1. The van der Waals surface area contributed by atoms with Crippen LogP contribution in [0.25, 0.3) is 0 Å². The molecule has 0 aliphatic rings. The van der Waals surface area contributed by atoms with Crippen LogP contribution in [-0.2, 0) is 16.1 Å². The van der Waals surface area contributed by atoms with Crippen LogP contribution in [0.5, 0.6) is 5.75 Å². The van der Waals surface area contributed by atoms with E-state index in [1.54, 1.807) is 6.07 Å². The van der Waals surface area contributed by atoms with Crippen LogP contribution < -0.4 is 15.6 Å². The van der Waals surface area contributed by atoms with Crippen molar-refractivity contribution in [3.05, 3.63) is 64.7 Å². The standard InChI is InChI=1S/C21H26ClN3O3/c1-16-13-18(22)10-11-19(16)28-12-6-9-20(26)23-24-21(27)15-25(2)14-17-7-4-3-5-8-17/h3-5,7-8,10-11,13H,6,9,12,14-15H2,1-2H3,(H,23,26)(H,24,27). The number of nitrogens with one attached hydrogen (secondary N) is 2. The van der Waals surface area contributed by atoms with E-state index in [0.29, 0.717) is 24.6 Å². The highest BCUT2D eigenvalue weighted by molar-refractivity contribution is 6.30. The molecule has 7 heteroatoms. The number of amides is 2. The zero-order valence-electron chi connectivity index (χ0n) is 16.2. The summed E-state index contributed by atoms with van der Waals surface area (Å²) in [6.45, 7) is 3.17. The van der Waals surface area contributed by atoms with Gasteiger partial charge in [0.15, 0.2) is 0 Å². The maximum Gasteiger partial charge on any atom is 0.252 e. The molecule has 28 heavy (non-hydrogen) atoms. The second kappa shape index (κ2) is 11.3. The summed E-state index contributed by atoms with van der Waals surface area (Å²) >= 11 is 5.91. The van der Waals surface area contributed by atoms with Gasteiger partial charge in [0.2, 0.25) is 5.91 Å². The third-order valence-corrected chi connectivity index (χ3v) is 4.23. The van der Waals surface area contributed by atoms with Crippen molar-refractivity contribution in [3.63, 3.8) is 0 Å². The molecule has 0 radical (unpaired) electrons. The van der Waals surface area contributed by atoms with Gasteiger partial charge < -0.3 is 4.74 Å². The first kappa shape index (κ1) is 21.7. The quantitative estimate of drug-likeness (QED) is 0.498. The summed E-state index contributed by atoms with van der Waals surface area (Å²) in [6.07, 6.45) is 0.796. The first-order valence-corrected chi connectivity index (χ1v) is 9.51. The Kier molecular flexibility index (Phi) is 8.78. The van der Waals surface area contributed by atoms with Gasteiger partial charge in [0.1, 0.15) is 5.75 Å². The van der Waals surface area contributed by atoms with E-state index >= 15 is 0 Å². The number of benzene rings is 2. The van der Waals surface area contributed by atoms with Crippen molar-refractivity contribution < 1.29 is 14.3 Å². The first-order valence-electron chi connectivity index (χ1n) is 9.13. The molecular formula is C21H26ClN3O3. The Balaban J connectivity index is 1.59. The Morgan fingerprint density at radius 3 is 2.50 bits per heavy atom. The van der Waals surface area contributed by atoms with Crippen LogP contribution in [0.1, 0.15) is 24.0 Å². The Hall–Kier alpha value is -2.57. The molecule has 0 bridgehead atoms. The first-order chi connectivity index (χ1) is 13.4. The molecule has 2 N–H and O–H groups in total. The highest BCUT2D eigenvalue weighted by Gasteiger charge is 2.09. The number of nitrogens with zero attached hydrogens (tertiary/aromatic N) is 1. The van der Waals surface area contributed by atoms with Gasteiger partial charge in [-0.25, -0.2) is 0 Å². The lowest BCUT2D eigenvalue weighted by molar-refractivity contribution is -0.129. The molecule has 2 aromatic carbocycles. The number of aryl methyl sites for hydroxylation is 1. The Morgan fingerprint density at radius 1 is 1.07 bits per heavy atom. The number of carbonyl (C=O) groups excluding carboxylic acids is 2. The number of hydrogen-bond donors (Lipinski definition) is 2. The molecule has 2 amide bonds. The molecule has 6 nitrogen and oxygen atoms in total. The third kappa shape index (κ3) is 7.98. The van der Waals surface area contributed by atoms with Crippen LogP contribution in [0.15, 0.2) is 48.5 Å². The van der Waals surface area contributed by atoms with Gasteiger partial charge >= 0.3 is 0 Å². The van der Waals surface area contributed by atoms with Crippen LogP contribution in [0, 0.1) is 6.92 Å². The molecule has 2 aromatic rings. The molecule has 0 heterocycles. The predicted octanol–water partition coefficient (Wildman–Crippen LogP) is 3.09. The fraction of sp³-hybridized carbons (Fsp3) is 0.333. The van der Waals surface area contributed by atoms with E-state index in [2.05, 4.69) is 10.9 Å². The van der Waals surface area contributed by atoms with Crippen molar-refractivity contribution in [1.82, 2.24) is 15.8 Å². The Morgan fingerprint density at radius 2 is 1.79 bits per heavy atom. The maximum absolute atomic E-state index is 11.9. The highest BCUT2D eigenvalue weighted by Crippen LogP contribution is 2.21. The molecule has 0 spiro atoms. The van der Waals surface area contributed by atoms with E-state index < -0.39 is 0 Å². The number of rotatable bonds is 9. The number of hydrogen-bond acceptors (Lipinski definition) is 4. The number of carbonyl (C=O) groups is 2. The smallest absolute Gasteiger partial charge is 0.252 e. The molecule has 0 unspecified atom stereocenters. The van der Waals surface area contributed by atoms with Gasteiger partial charge in [0.05, 0.1) is 13.2 Å². The molecule has 0 saturated carbocycles. The van der Waals surface area contributed by atoms with E-state index in [1.165, 1.54) is 0 Å².